The molecule has 0 bridgehead atoms. The summed E-state index contributed by atoms with van der Waals surface area (Å²) in [4.78, 5) is 28.5. The first kappa shape index (κ1) is 17.4. The van der Waals surface area contributed by atoms with Gasteiger partial charge in [-0.1, -0.05) is 6.07 Å². The number of thiazole rings is 1. The lowest BCUT2D eigenvalue weighted by Gasteiger charge is -2.08. The van der Waals surface area contributed by atoms with Gasteiger partial charge in [0.15, 0.2) is 18.3 Å². The topological polar surface area (TPSA) is 124 Å². The van der Waals surface area contributed by atoms with Crippen LogP contribution in [0.2, 0.25) is 0 Å². The third kappa shape index (κ3) is 3.79. The number of Topliss-reactive ketones (excluding diaryl/α,β-unsaturated/α-hetero) is 1. The zero-order valence-electron chi connectivity index (χ0n) is 13.6. The van der Waals surface area contributed by atoms with E-state index in [9.17, 15) is 14.9 Å². The van der Waals surface area contributed by atoms with Crippen LogP contribution in [-0.2, 0) is 9.53 Å². The lowest BCUT2D eigenvalue weighted by Crippen LogP contribution is -2.20. The number of ether oxygens (including phenoxy) is 1. The number of carbonyl (C=O) groups excluding carboxylic acids is 2. The summed E-state index contributed by atoms with van der Waals surface area (Å²) >= 11 is 1.23. The Morgan fingerprint density at radius 1 is 1.42 bits per heavy atom. The van der Waals surface area contributed by atoms with E-state index in [4.69, 9.17) is 4.74 Å². The van der Waals surface area contributed by atoms with Crippen LogP contribution in [-0.4, -0.2) is 43.6 Å². The van der Waals surface area contributed by atoms with Gasteiger partial charge in [-0.05, 0) is 35.5 Å². The summed E-state index contributed by atoms with van der Waals surface area (Å²) in [6.45, 7) is 1.27. The van der Waals surface area contributed by atoms with Crippen molar-refractivity contribution in [3.05, 3.63) is 52.2 Å². The highest BCUT2D eigenvalue weighted by Gasteiger charge is 2.24. The van der Waals surface area contributed by atoms with Gasteiger partial charge in [-0.15, -0.1) is 16.4 Å². The molecular weight excluding hydrogens is 356 g/mol. The minimum absolute atomic E-state index is 0.240. The molecule has 0 saturated carbocycles. The van der Waals surface area contributed by atoms with E-state index in [0.29, 0.717) is 10.7 Å². The molecule has 0 N–H and O–H groups in total. The second kappa shape index (κ2) is 7.62. The predicted octanol–water partition coefficient (Wildman–Crippen LogP) is 1.46. The highest BCUT2D eigenvalue weighted by atomic mass is 32.1. The molecule has 1 aromatic carbocycles. The molecule has 2 aromatic heterocycles. The van der Waals surface area contributed by atoms with Crippen LogP contribution < -0.4 is 0 Å². The molecule has 26 heavy (non-hydrogen) atoms. The SMILES string of the molecule is Cc1csc(C(C#N)C(=O)COC(=O)c2cccc(-n3cnnn3)c2)n1. The van der Waals surface area contributed by atoms with E-state index < -0.39 is 24.3 Å². The molecule has 0 saturated heterocycles. The molecule has 0 aliphatic carbocycles. The number of rotatable bonds is 6. The Bertz CT molecular complexity index is 976. The summed E-state index contributed by atoms with van der Waals surface area (Å²) in [5.41, 5.74) is 1.54. The Hall–Kier alpha value is -3.45. The Kier molecular flexibility index (Phi) is 5.09. The number of hydrogen-bond acceptors (Lipinski definition) is 9. The predicted molar refractivity (Wildman–Crippen MR) is 89.6 cm³/mol. The van der Waals surface area contributed by atoms with Gasteiger partial charge in [0.2, 0.25) is 0 Å². The zero-order chi connectivity index (χ0) is 18.5. The summed E-state index contributed by atoms with van der Waals surface area (Å²) < 4.78 is 6.44. The van der Waals surface area contributed by atoms with Crippen LogP contribution in [0.25, 0.3) is 5.69 Å². The quantitative estimate of drug-likeness (QED) is 0.599. The molecule has 2 heterocycles. The molecule has 0 spiro atoms. The lowest BCUT2D eigenvalue weighted by atomic mass is 10.1. The van der Waals surface area contributed by atoms with E-state index in [1.54, 1.807) is 30.5 Å². The summed E-state index contributed by atoms with van der Waals surface area (Å²) in [6, 6.07) is 8.35. The van der Waals surface area contributed by atoms with Gasteiger partial charge < -0.3 is 4.74 Å². The van der Waals surface area contributed by atoms with Crippen molar-refractivity contribution in [1.82, 2.24) is 25.2 Å². The van der Waals surface area contributed by atoms with Crippen LogP contribution in [0.1, 0.15) is 27.0 Å². The fraction of sp³-hybridized carbons (Fsp3) is 0.188. The van der Waals surface area contributed by atoms with Gasteiger partial charge in [0.05, 0.1) is 17.3 Å². The van der Waals surface area contributed by atoms with Crippen molar-refractivity contribution < 1.29 is 14.3 Å². The lowest BCUT2D eigenvalue weighted by molar-refractivity contribution is -0.122. The summed E-state index contributed by atoms with van der Waals surface area (Å²) in [5.74, 6) is -2.25. The number of esters is 1. The number of hydrogen-bond donors (Lipinski definition) is 0. The van der Waals surface area contributed by atoms with Gasteiger partial charge >= 0.3 is 5.97 Å². The number of nitriles is 1. The molecule has 130 valence electrons. The van der Waals surface area contributed by atoms with Gasteiger partial charge in [-0.2, -0.15) is 5.26 Å². The fourth-order valence-electron chi connectivity index (χ4n) is 2.13. The molecule has 0 radical (unpaired) electrons. The average Bonchev–Trinajstić information content (AvgIpc) is 3.32. The molecule has 10 heteroatoms. The van der Waals surface area contributed by atoms with Crippen molar-refractivity contribution >= 4 is 23.1 Å². The number of ketones is 1. The molecule has 0 aliphatic heterocycles. The molecule has 3 aromatic rings. The molecule has 1 unspecified atom stereocenters. The summed E-state index contributed by atoms with van der Waals surface area (Å²) in [6.07, 6.45) is 1.39. The van der Waals surface area contributed by atoms with Crippen LogP contribution in [0.5, 0.6) is 0 Å². The van der Waals surface area contributed by atoms with Gasteiger partial charge in [0.25, 0.3) is 0 Å². The van der Waals surface area contributed by atoms with Crippen LogP contribution in [0.15, 0.2) is 36.0 Å². The van der Waals surface area contributed by atoms with Crippen molar-refractivity contribution in [2.24, 2.45) is 0 Å². The van der Waals surface area contributed by atoms with Crippen molar-refractivity contribution in [3.8, 4) is 11.8 Å². The second-order valence-electron chi connectivity index (χ2n) is 5.24. The van der Waals surface area contributed by atoms with E-state index in [0.717, 1.165) is 5.69 Å². The Morgan fingerprint density at radius 3 is 2.92 bits per heavy atom. The largest absolute Gasteiger partial charge is 0.454 e. The second-order valence-corrected chi connectivity index (χ2v) is 6.13. The Morgan fingerprint density at radius 2 is 2.27 bits per heavy atom. The van der Waals surface area contributed by atoms with Crippen molar-refractivity contribution in [1.29, 1.82) is 5.26 Å². The van der Waals surface area contributed by atoms with Gasteiger partial charge in [-0.3, -0.25) is 4.79 Å². The van der Waals surface area contributed by atoms with Gasteiger partial charge in [0, 0.05) is 11.1 Å². The van der Waals surface area contributed by atoms with E-state index in [1.165, 1.54) is 28.4 Å². The molecule has 0 amide bonds. The maximum atomic E-state index is 12.2. The van der Waals surface area contributed by atoms with E-state index >= 15 is 0 Å². The average molecular weight is 368 g/mol. The molecule has 1 atom stereocenters. The van der Waals surface area contributed by atoms with E-state index in [-0.39, 0.29) is 5.56 Å². The monoisotopic (exact) mass is 368 g/mol. The minimum atomic E-state index is -1.05. The first-order valence-electron chi connectivity index (χ1n) is 7.43. The number of aryl methyl sites for hydroxylation is 1. The molecule has 9 nitrogen and oxygen atoms in total. The number of benzene rings is 1. The minimum Gasteiger partial charge on any atom is -0.454 e. The number of aromatic nitrogens is 5. The maximum Gasteiger partial charge on any atom is 0.338 e. The Balaban J connectivity index is 1.66. The normalized spacial score (nSPS) is 11.5. The molecule has 0 fully saturated rings. The van der Waals surface area contributed by atoms with Crippen LogP contribution in [0.4, 0.5) is 0 Å². The van der Waals surface area contributed by atoms with E-state index in [2.05, 4.69) is 20.5 Å². The zero-order valence-corrected chi connectivity index (χ0v) is 14.4. The number of nitrogens with zero attached hydrogens (tertiary/aromatic N) is 6. The van der Waals surface area contributed by atoms with Crippen LogP contribution in [0.3, 0.4) is 0 Å². The van der Waals surface area contributed by atoms with Crippen LogP contribution >= 0.6 is 11.3 Å². The maximum absolute atomic E-state index is 12.2. The fourth-order valence-corrected chi connectivity index (χ4v) is 2.99. The smallest absolute Gasteiger partial charge is 0.338 e. The molecular formula is C16H12N6O3S. The molecule has 3 rings (SSSR count). The standard InChI is InChI=1S/C16H12N6O3S/c1-10-8-26-15(19-10)13(6-17)14(23)7-25-16(24)11-3-2-4-12(5-11)22-9-18-20-21-22/h2-5,8-9,13H,7H2,1H3. The summed E-state index contributed by atoms with van der Waals surface area (Å²) in [7, 11) is 0. The summed E-state index contributed by atoms with van der Waals surface area (Å²) in [5, 5.41) is 22.2. The first-order chi connectivity index (χ1) is 12.6. The Labute approximate surface area is 151 Å². The van der Waals surface area contributed by atoms with Crippen molar-refractivity contribution in [3.63, 3.8) is 0 Å². The first-order valence-corrected chi connectivity index (χ1v) is 8.31. The van der Waals surface area contributed by atoms with Gasteiger partial charge in [0.1, 0.15) is 11.3 Å². The highest BCUT2D eigenvalue weighted by molar-refractivity contribution is 7.09. The number of carbonyl (C=O) groups is 2. The third-order valence-electron chi connectivity index (χ3n) is 3.38. The molecule has 0 aliphatic rings. The third-order valence-corrected chi connectivity index (χ3v) is 4.40. The van der Waals surface area contributed by atoms with Crippen molar-refractivity contribution in [2.75, 3.05) is 6.61 Å². The van der Waals surface area contributed by atoms with Crippen molar-refractivity contribution in [2.45, 2.75) is 12.8 Å². The van der Waals surface area contributed by atoms with E-state index in [1.807, 2.05) is 6.07 Å². The van der Waals surface area contributed by atoms with Gasteiger partial charge in [-0.25, -0.2) is 14.5 Å². The number of tetrazole rings is 1. The van der Waals surface area contributed by atoms with Crippen LogP contribution in [0, 0.1) is 18.3 Å². The highest BCUT2D eigenvalue weighted by Crippen LogP contribution is 2.21.